The molecule has 1 unspecified atom stereocenters. The van der Waals surface area contributed by atoms with Crippen molar-refractivity contribution in [1.29, 1.82) is 0 Å². The second-order valence-electron chi connectivity index (χ2n) is 5.98. The first kappa shape index (κ1) is 20.2. The highest BCUT2D eigenvalue weighted by molar-refractivity contribution is 9.10. The summed E-state index contributed by atoms with van der Waals surface area (Å²) >= 11 is 4.32. The third-order valence-corrected chi connectivity index (χ3v) is 5.52. The van der Waals surface area contributed by atoms with Gasteiger partial charge < -0.3 is 5.73 Å². The molecule has 28 heavy (non-hydrogen) atoms. The highest BCUT2D eigenvalue weighted by atomic mass is 79.9. The Kier molecular flexibility index (Phi) is 6.25. The first-order valence-electron chi connectivity index (χ1n) is 8.28. The number of hydrogen-bond donors (Lipinski definition) is 1. The Hall–Kier alpha value is -2.52. The normalized spacial score (nSPS) is 18.1. The van der Waals surface area contributed by atoms with E-state index in [9.17, 15) is 14.0 Å². The molecule has 1 aliphatic heterocycles. The molecule has 0 aliphatic carbocycles. The van der Waals surface area contributed by atoms with Crippen molar-refractivity contribution in [1.82, 2.24) is 0 Å². The van der Waals surface area contributed by atoms with Gasteiger partial charge in [0, 0.05) is 10.9 Å². The van der Waals surface area contributed by atoms with Crippen LogP contribution in [-0.4, -0.2) is 27.9 Å². The van der Waals surface area contributed by atoms with Crippen LogP contribution in [-0.2, 0) is 9.59 Å². The van der Waals surface area contributed by atoms with Gasteiger partial charge in [-0.1, -0.05) is 39.8 Å². The van der Waals surface area contributed by atoms with Gasteiger partial charge in [-0.15, -0.1) is 5.10 Å². The Morgan fingerprint density at radius 1 is 1.14 bits per heavy atom. The molecule has 2 N–H and O–H groups in total. The topological polar surface area (TPSA) is 88.1 Å². The third kappa shape index (κ3) is 4.66. The van der Waals surface area contributed by atoms with E-state index in [2.05, 4.69) is 26.1 Å². The van der Waals surface area contributed by atoms with Gasteiger partial charge in [0.15, 0.2) is 5.17 Å². The average molecular weight is 463 g/mol. The highest BCUT2D eigenvalue weighted by Gasteiger charge is 2.40. The summed E-state index contributed by atoms with van der Waals surface area (Å²) in [5.74, 6) is -0.965. The summed E-state index contributed by atoms with van der Waals surface area (Å²) in [6.07, 6.45) is 0.0381. The molecule has 1 fully saturated rings. The molecule has 2 amide bonds. The van der Waals surface area contributed by atoms with Crippen LogP contribution in [0.2, 0.25) is 0 Å². The number of nitrogens with two attached hydrogens (primary N) is 1. The van der Waals surface area contributed by atoms with Crippen molar-refractivity contribution >= 4 is 56.1 Å². The third-order valence-electron chi connectivity index (χ3n) is 4.01. The summed E-state index contributed by atoms with van der Waals surface area (Å²) in [5, 5.41) is 7.36. The van der Waals surface area contributed by atoms with Crippen molar-refractivity contribution in [2.24, 2.45) is 15.9 Å². The monoisotopic (exact) mass is 462 g/mol. The summed E-state index contributed by atoms with van der Waals surface area (Å²) in [5.41, 5.74) is 7.64. The number of benzene rings is 2. The molecule has 1 aliphatic rings. The van der Waals surface area contributed by atoms with Crippen molar-refractivity contribution in [3.05, 3.63) is 64.4 Å². The van der Waals surface area contributed by atoms with Crippen molar-refractivity contribution < 1.29 is 14.0 Å². The Bertz CT molecular complexity index is 961. The minimum Gasteiger partial charge on any atom is -0.377 e. The zero-order valence-electron chi connectivity index (χ0n) is 14.8. The average Bonchev–Trinajstić information content (AvgIpc) is 2.94. The molecule has 1 saturated heterocycles. The number of halogens is 2. The Balaban J connectivity index is 1.69. The van der Waals surface area contributed by atoms with E-state index in [-0.39, 0.29) is 29.2 Å². The fourth-order valence-electron chi connectivity index (χ4n) is 2.60. The number of hydrogen-bond acceptors (Lipinski definition) is 5. The van der Waals surface area contributed by atoms with Crippen molar-refractivity contribution in [3.63, 3.8) is 0 Å². The summed E-state index contributed by atoms with van der Waals surface area (Å²) < 4.78 is 13.8. The van der Waals surface area contributed by atoms with Crippen LogP contribution < -0.4 is 10.6 Å². The Morgan fingerprint density at radius 3 is 2.43 bits per heavy atom. The number of thioether (sulfide) groups is 1. The maximum atomic E-state index is 13.0. The molecule has 1 atom stereocenters. The van der Waals surface area contributed by atoms with Crippen LogP contribution in [0.3, 0.4) is 0 Å². The van der Waals surface area contributed by atoms with E-state index >= 15 is 0 Å². The summed E-state index contributed by atoms with van der Waals surface area (Å²) in [6, 6.07) is 12.7. The number of carbonyl (C=O) groups excluding carboxylic acids is 2. The lowest BCUT2D eigenvalue weighted by molar-refractivity contribution is -0.121. The second-order valence-corrected chi connectivity index (χ2v) is 8.12. The minimum absolute atomic E-state index is 0.0381. The van der Waals surface area contributed by atoms with Crippen LogP contribution in [0.4, 0.5) is 10.1 Å². The van der Waals surface area contributed by atoms with E-state index in [4.69, 9.17) is 5.73 Å². The number of amidine groups is 1. The van der Waals surface area contributed by atoms with Crippen LogP contribution in [0.15, 0.2) is 63.2 Å². The first-order valence-corrected chi connectivity index (χ1v) is 9.95. The largest absolute Gasteiger partial charge is 0.377 e. The van der Waals surface area contributed by atoms with Gasteiger partial charge in [0.25, 0.3) is 0 Å². The SMILES string of the molecule is C/C(=N\N=C(/N)SC1CC(=O)N(c2ccc(Br)cc2)C1=O)c1ccc(F)cc1. The number of imide groups is 1. The predicted molar refractivity (Wildman–Crippen MR) is 113 cm³/mol. The standard InChI is InChI=1S/C19H16BrFN4O2S/c1-11(12-2-6-14(21)7-3-12)23-24-19(22)28-16-10-17(26)25(18(16)27)15-8-4-13(20)5-9-15/h2-9,16H,10H2,1H3,(H2,22,24)/b23-11+. The molecule has 6 nitrogen and oxygen atoms in total. The summed E-state index contributed by atoms with van der Waals surface area (Å²) in [6.45, 7) is 1.72. The van der Waals surface area contributed by atoms with Gasteiger partial charge in [-0.3, -0.25) is 9.59 Å². The van der Waals surface area contributed by atoms with E-state index in [1.165, 1.54) is 12.1 Å². The zero-order valence-corrected chi connectivity index (χ0v) is 17.2. The van der Waals surface area contributed by atoms with Crippen molar-refractivity contribution in [2.45, 2.75) is 18.6 Å². The lowest BCUT2D eigenvalue weighted by atomic mass is 10.1. The van der Waals surface area contributed by atoms with E-state index in [0.29, 0.717) is 17.0 Å². The fraction of sp³-hybridized carbons (Fsp3) is 0.158. The molecule has 1 heterocycles. The summed E-state index contributed by atoms with van der Waals surface area (Å²) in [7, 11) is 0. The smallest absolute Gasteiger partial charge is 0.247 e. The molecule has 2 aromatic rings. The predicted octanol–water partition coefficient (Wildman–Crippen LogP) is 3.69. The van der Waals surface area contributed by atoms with Gasteiger partial charge >= 0.3 is 0 Å². The quantitative estimate of drug-likeness (QED) is 0.324. The van der Waals surface area contributed by atoms with E-state index in [1.807, 2.05) is 0 Å². The van der Waals surface area contributed by atoms with E-state index in [1.54, 1.807) is 43.3 Å². The molecule has 0 saturated carbocycles. The molecule has 9 heteroatoms. The van der Waals surface area contributed by atoms with Crippen LogP contribution in [0.1, 0.15) is 18.9 Å². The molecule has 144 valence electrons. The maximum absolute atomic E-state index is 13.0. The Labute approximate surface area is 173 Å². The zero-order chi connectivity index (χ0) is 20.3. The Morgan fingerprint density at radius 2 is 1.79 bits per heavy atom. The van der Waals surface area contributed by atoms with Crippen LogP contribution in [0, 0.1) is 5.82 Å². The van der Waals surface area contributed by atoms with Crippen molar-refractivity contribution in [3.8, 4) is 0 Å². The highest BCUT2D eigenvalue weighted by Crippen LogP contribution is 2.30. The molecule has 0 radical (unpaired) electrons. The number of rotatable bonds is 4. The van der Waals surface area contributed by atoms with Crippen molar-refractivity contribution in [2.75, 3.05) is 4.90 Å². The lowest BCUT2D eigenvalue weighted by Gasteiger charge is -2.14. The van der Waals surface area contributed by atoms with E-state index in [0.717, 1.165) is 21.1 Å². The van der Waals surface area contributed by atoms with Gasteiger partial charge in [-0.2, -0.15) is 5.10 Å². The maximum Gasteiger partial charge on any atom is 0.247 e. The number of anilines is 1. The van der Waals surface area contributed by atoms with Crippen LogP contribution in [0.5, 0.6) is 0 Å². The molecular formula is C19H16BrFN4O2S. The molecule has 2 aromatic carbocycles. The number of carbonyl (C=O) groups is 2. The van der Waals surface area contributed by atoms with Crippen LogP contribution in [0.25, 0.3) is 0 Å². The number of nitrogens with zero attached hydrogens (tertiary/aromatic N) is 3. The first-order chi connectivity index (χ1) is 13.3. The minimum atomic E-state index is -0.652. The lowest BCUT2D eigenvalue weighted by Crippen LogP contribution is -2.31. The molecule has 0 bridgehead atoms. The van der Waals surface area contributed by atoms with Gasteiger partial charge in [0.1, 0.15) is 11.1 Å². The molecule has 3 rings (SSSR count). The van der Waals surface area contributed by atoms with Gasteiger partial charge in [-0.05, 0) is 48.9 Å². The molecule has 0 spiro atoms. The second kappa shape index (κ2) is 8.66. The van der Waals surface area contributed by atoms with Crippen LogP contribution >= 0.6 is 27.7 Å². The number of amides is 2. The molecular weight excluding hydrogens is 447 g/mol. The van der Waals surface area contributed by atoms with Gasteiger partial charge in [-0.25, -0.2) is 9.29 Å². The van der Waals surface area contributed by atoms with Gasteiger partial charge in [0.2, 0.25) is 11.8 Å². The molecule has 0 aromatic heterocycles. The summed E-state index contributed by atoms with van der Waals surface area (Å²) in [4.78, 5) is 26.1. The van der Waals surface area contributed by atoms with E-state index < -0.39 is 5.25 Å². The fourth-order valence-corrected chi connectivity index (χ4v) is 3.68. The van der Waals surface area contributed by atoms with Gasteiger partial charge in [0.05, 0.1) is 11.4 Å².